The summed E-state index contributed by atoms with van der Waals surface area (Å²) in [5, 5.41) is 2.82. The van der Waals surface area contributed by atoms with E-state index in [0.717, 1.165) is 28.8 Å². The van der Waals surface area contributed by atoms with E-state index in [-0.39, 0.29) is 5.91 Å². The molecule has 33 heavy (non-hydrogen) atoms. The second kappa shape index (κ2) is 8.43. The number of amides is 2. The molecule has 2 heterocycles. The number of nitrogens with zero attached hydrogens (tertiary/aromatic N) is 2. The Kier molecular flexibility index (Phi) is 5.30. The normalized spacial score (nSPS) is 16.5. The molecule has 5 rings (SSSR count). The average molecular weight is 441 g/mol. The van der Waals surface area contributed by atoms with Gasteiger partial charge in [-0.25, -0.2) is 4.99 Å². The van der Waals surface area contributed by atoms with Gasteiger partial charge in [-0.3, -0.25) is 9.59 Å². The molecule has 0 unspecified atom stereocenters. The number of methoxy groups -OCH3 is 2. The Labute approximate surface area is 191 Å². The van der Waals surface area contributed by atoms with Gasteiger partial charge in [0, 0.05) is 23.2 Å². The van der Waals surface area contributed by atoms with E-state index in [4.69, 9.17) is 14.5 Å². The predicted molar refractivity (Wildman–Crippen MR) is 125 cm³/mol. The molecule has 0 saturated carbocycles. The third-order valence-corrected chi connectivity index (χ3v) is 5.97. The first-order chi connectivity index (χ1) is 16.1. The van der Waals surface area contributed by atoms with Crippen LogP contribution in [-0.2, 0) is 11.2 Å². The number of benzene rings is 3. The highest BCUT2D eigenvalue weighted by molar-refractivity contribution is 6.21. The fraction of sp³-hybridized carbons (Fsp3) is 0.192. The number of nitrogens with one attached hydrogen (secondary N) is 1. The largest absolute Gasteiger partial charge is 0.493 e. The van der Waals surface area contributed by atoms with E-state index in [9.17, 15) is 9.59 Å². The predicted octanol–water partition coefficient (Wildman–Crippen LogP) is 3.20. The van der Waals surface area contributed by atoms with Crippen molar-refractivity contribution in [2.24, 2.45) is 4.99 Å². The summed E-state index contributed by atoms with van der Waals surface area (Å²) in [4.78, 5) is 33.1. The topological polar surface area (TPSA) is 80.2 Å². The van der Waals surface area contributed by atoms with Crippen LogP contribution in [0.25, 0.3) is 0 Å². The molecule has 0 radical (unpaired) electrons. The number of carbonyl (C=O) groups is 2. The summed E-state index contributed by atoms with van der Waals surface area (Å²) in [6.07, 6.45) is -0.285. The van der Waals surface area contributed by atoms with Crippen molar-refractivity contribution in [3.8, 4) is 11.5 Å². The average Bonchev–Trinajstić information content (AvgIpc) is 3.26. The lowest BCUT2D eigenvalue weighted by molar-refractivity contribution is -0.120. The molecule has 2 aliphatic rings. The third kappa shape index (κ3) is 3.61. The van der Waals surface area contributed by atoms with Gasteiger partial charge in [0.2, 0.25) is 6.17 Å². The maximum absolute atomic E-state index is 13.5. The SMILES string of the molecule is COc1ccc(C(=O)N[C@@H]2N=C(c3ccccc3)c3cccc4c3N(CC4)C2=O)cc1OC. The summed E-state index contributed by atoms with van der Waals surface area (Å²) in [7, 11) is 3.04. The van der Waals surface area contributed by atoms with E-state index in [0.29, 0.717) is 29.3 Å². The van der Waals surface area contributed by atoms with E-state index in [1.54, 1.807) is 23.1 Å². The molecule has 0 saturated heterocycles. The van der Waals surface area contributed by atoms with Gasteiger partial charge >= 0.3 is 0 Å². The highest BCUT2D eigenvalue weighted by Gasteiger charge is 2.37. The first kappa shape index (κ1) is 20.8. The van der Waals surface area contributed by atoms with Crippen molar-refractivity contribution in [1.82, 2.24) is 5.32 Å². The van der Waals surface area contributed by atoms with Crippen LogP contribution in [-0.4, -0.2) is 44.5 Å². The number of hydrogen-bond donors (Lipinski definition) is 1. The van der Waals surface area contributed by atoms with Crippen LogP contribution >= 0.6 is 0 Å². The van der Waals surface area contributed by atoms with E-state index in [1.165, 1.54) is 14.2 Å². The molecule has 1 atom stereocenters. The van der Waals surface area contributed by atoms with Gasteiger partial charge in [0.25, 0.3) is 11.8 Å². The molecule has 2 aliphatic heterocycles. The summed E-state index contributed by atoms with van der Waals surface area (Å²) < 4.78 is 10.6. The quantitative estimate of drug-likeness (QED) is 0.660. The second-order valence-electron chi connectivity index (χ2n) is 7.84. The molecular formula is C26H23N3O4. The zero-order valence-corrected chi connectivity index (χ0v) is 18.4. The monoisotopic (exact) mass is 441 g/mol. The van der Waals surface area contributed by atoms with E-state index >= 15 is 0 Å². The number of anilines is 1. The first-order valence-electron chi connectivity index (χ1n) is 10.7. The Bertz CT molecular complexity index is 1270. The van der Waals surface area contributed by atoms with Crippen molar-refractivity contribution in [3.05, 3.63) is 89.0 Å². The Morgan fingerprint density at radius 2 is 1.79 bits per heavy atom. The van der Waals surface area contributed by atoms with Crippen molar-refractivity contribution >= 4 is 23.2 Å². The van der Waals surface area contributed by atoms with Crippen LogP contribution in [0, 0.1) is 0 Å². The maximum atomic E-state index is 13.5. The van der Waals surface area contributed by atoms with Gasteiger partial charge in [0.15, 0.2) is 11.5 Å². The van der Waals surface area contributed by atoms with E-state index in [1.807, 2.05) is 48.5 Å². The minimum atomic E-state index is -1.06. The van der Waals surface area contributed by atoms with Gasteiger partial charge in [0.05, 0.1) is 25.6 Å². The molecule has 0 fully saturated rings. The van der Waals surface area contributed by atoms with Crippen LogP contribution in [0.1, 0.15) is 27.0 Å². The van der Waals surface area contributed by atoms with Gasteiger partial charge in [0.1, 0.15) is 0 Å². The van der Waals surface area contributed by atoms with Crippen LogP contribution in [0.3, 0.4) is 0 Å². The molecule has 0 aromatic heterocycles. The number of carbonyl (C=O) groups excluding carboxylic acids is 2. The molecule has 3 aromatic rings. The molecule has 166 valence electrons. The minimum absolute atomic E-state index is 0.249. The van der Waals surface area contributed by atoms with E-state index < -0.39 is 12.1 Å². The van der Waals surface area contributed by atoms with Crippen molar-refractivity contribution in [1.29, 1.82) is 0 Å². The molecule has 3 aromatic carbocycles. The third-order valence-electron chi connectivity index (χ3n) is 5.97. The smallest absolute Gasteiger partial charge is 0.272 e. The Morgan fingerprint density at radius 3 is 2.55 bits per heavy atom. The van der Waals surface area contributed by atoms with Crippen LogP contribution in [0.5, 0.6) is 11.5 Å². The number of para-hydroxylation sites is 1. The molecule has 2 amide bonds. The van der Waals surface area contributed by atoms with Gasteiger partial charge in [-0.05, 0) is 30.2 Å². The van der Waals surface area contributed by atoms with E-state index in [2.05, 4.69) is 5.32 Å². The summed E-state index contributed by atoms with van der Waals surface area (Å²) in [5.74, 6) is 0.281. The Balaban J connectivity index is 1.56. The molecule has 0 bridgehead atoms. The van der Waals surface area contributed by atoms with Crippen LogP contribution in [0.4, 0.5) is 5.69 Å². The highest BCUT2D eigenvalue weighted by atomic mass is 16.5. The molecule has 7 heteroatoms. The van der Waals surface area contributed by atoms with Crippen molar-refractivity contribution < 1.29 is 19.1 Å². The number of ether oxygens (including phenoxy) is 2. The Hall–Kier alpha value is -4.13. The molecule has 0 spiro atoms. The van der Waals surface area contributed by atoms with Crippen molar-refractivity contribution in [2.75, 3.05) is 25.7 Å². The van der Waals surface area contributed by atoms with Crippen molar-refractivity contribution in [2.45, 2.75) is 12.6 Å². The first-order valence-corrected chi connectivity index (χ1v) is 10.7. The van der Waals surface area contributed by atoms with Crippen LogP contribution in [0.15, 0.2) is 71.7 Å². The van der Waals surface area contributed by atoms with Gasteiger partial charge < -0.3 is 19.7 Å². The number of hydrogen-bond acceptors (Lipinski definition) is 5. The second-order valence-corrected chi connectivity index (χ2v) is 7.84. The zero-order valence-electron chi connectivity index (χ0n) is 18.4. The standard InChI is InChI=1S/C26H23N3O4/c1-32-20-12-11-18(15-21(20)33-2)25(30)28-24-26(31)29-14-13-17-9-6-10-19(23(17)29)22(27-24)16-7-4-3-5-8-16/h3-12,15,24H,13-14H2,1-2H3,(H,28,30)/t24-/m0/s1. The fourth-order valence-electron chi connectivity index (χ4n) is 4.37. The summed E-state index contributed by atoms with van der Waals surface area (Å²) in [6, 6.07) is 20.6. The molecule has 7 nitrogen and oxygen atoms in total. The van der Waals surface area contributed by atoms with Gasteiger partial charge in [-0.2, -0.15) is 0 Å². The molecule has 1 N–H and O–H groups in total. The van der Waals surface area contributed by atoms with Crippen molar-refractivity contribution in [3.63, 3.8) is 0 Å². The number of rotatable bonds is 5. The van der Waals surface area contributed by atoms with Crippen LogP contribution in [0.2, 0.25) is 0 Å². The number of aliphatic imine (C=N–C) groups is 1. The molecular weight excluding hydrogens is 418 g/mol. The summed E-state index contributed by atoms with van der Waals surface area (Å²) in [5.41, 5.74) is 4.80. The minimum Gasteiger partial charge on any atom is -0.493 e. The zero-order chi connectivity index (χ0) is 22.9. The Morgan fingerprint density at radius 1 is 1.00 bits per heavy atom. The van der Waals surface area contributed by atoms with Gasteiger partial charge in [-0.15, -0.1) is 0 Å². The van der Waals surface area contributed by atoms with Gasteiger partial charge in [-0.1, -0.05) is 48.5 Å². The van der Waals surface area contributed by atoms with Crippen LogP contribution < -0.4 is 19.7 Å². The lowest BCUT2D eigenvalue weighted by Gasteiger charge is -2.21. The summed E-state index contributed by atoms with van der Waals surface area (Å²) >= 11 is 0. The lowest BCUT2D eigenvalue weighted by Crippen LogP contribution is -2.47. The maximum Gasteiger partial charge on any atom is 0.272 e. The fourth-order valence-corrected chi connectivity index (χ4v) is 4.37. The summed E-state index contributed by atoms with van der Waals surface area (Å²) in [6.45, 7) is 0.561. The lowest BCUT2D eigenvalue weighted by atomic mass is 9.98. The highest BCUT2D eigenvalue weighted by Crippen LogP contribution is 2.36. The molecule has 0 aliphatic carbocycles.